The van der Waals surface area contributed by atoms with Gasteiger partial charge in [-0.3, -0.25) is 9.52 Å². The van der Waals surface area contributed by atoms with E-state index in [-0.39, 0.29) is 10.6 Å². The summed E-state index contributed by atoms with van der Waals surface area (Å²) in [4.78, 5) is 10.7. The molecule has 0 atom stereocenters. The van der Waals surface area contributed by atoms with Crippen LogP contribution in [0.4, 0.5) is 24.5 Å². The molecule has 9 heteroatoms. The second-order valence-corrected chi connectivity index (χ2v) is 7.08. The molecule has 25 heavy (non-hydrogen) atoms. The third-order valence-corrected chi connectivity index (χ3v) is 4.69. The van der Waals surface area contributed by atoms with Crippen molar-refractivity contribution in [1.82, 2.24) is 0 Å². The average Bonchev–Trinajstić information content (AvgIpc) is 2.49. The quantitative estimate of drug-likeness (QED) is 0.861. The summed E-state index contributed by atoms with van der Waals surface area (Å²) < 4.78 is 63.7. The lowest BCUT2D eigenvalue weighted by Crippen LogP contribution is -2.29. The van der Waals surface area contributed by atoms with Gasteiger partial charge in [0.05, 0.1) is 10.6 Å². The lowest BCUT2D eigenvalue weighted by Gasteiger charge is -2.12. The van der Waals surface area contributed by atoms with Crippen molar-refractivity contribution in [2.45, 2.75) is 24.9 Å². The van der Waals surface area contributed by atoms with Crippen LogP contribution >= 0.6 is 0 Å². The van der Waals surface area contributed by atoms with Crippen LogP contribution in [0.25, 0.3) is 0 Å². The number of nitrogens with one attached hydrogen (secondary N) is 2. The number of benzene rings is 2. The molecule has 0 saturated carbocycles. The van der Waals surface area contributed by atoms with Gasteiger partial charge in [0.2, 0.25) is 0 Å². The summed E-state index contributed by atoms with van der Waals surface area (Å²) in [6.07, 6.45) is -5.02. The lowest BCUT2D eigenvalue weighted by atomic mass is 10.1. The van der Waals surface area contributed by atoms with E-state index >= 15 is 0 Å². The summed E-state index contributed by atoms with van der Waals surface area (Å²) in [5, 5.41) is 1.65. The van der Waals surface area contributed by atoms with Gasteiger partial charge in [0, 0.05) is 5.69 Å². The molecule has 0 heterocycles. The molecule has 1 amide bonds. The summed E-state index contributed by atoms with van der Waals surface area (Å²) in [6, 6.07) is 9.57. The van der Waals surface area contributed by atoms with E-state index in [9.17, 15) is 26.4 Å². The predicted octanol–water partition coefficient (Wildman–Crippen LogP) is 3.61. The summed E-state index contributed by atoms with van der Waals surface area (Å²) in [5.74, 6) is -2.13. The Morgan fingerprint density at radius 1 is 1.00 bits per heavy atom. The van der Waals surface area contributed by atoms with Gasteiger partial charge in [0.25, 0.3) is 10.0 Å². The van der Waals surface area contributed by atoms with Gasteiger partial charge < -0.3 is 5.32 Å². The Labute approximate surface area is 142 Å². The first-order valence-corrected chi connectivity index (χ1v) is 8.56. The molecular weight excluding hydrogens is 357 g/mol. The first-order valence-electron chi connectivity index (χ1n) is 7.07. The zero-order valence-corrected chi connectivity index (χ0v) is 14.1. The van der Waals surface area contributed by atoms with Crippen LogP contribution < -0.4 is 10.0 Å². The first kappa shape index (κ1) is 18.8. The molecule has 0 aliphatic rings. The second-order valence-electron chi connectivity index (χ2n) is 5.40. The maximum atomic E-state index is 12.4. The largest absolute Gasteiger partial charge is 0.471 e. The number of sulfonamides is 1. The van der Waals surface area contributed by atoms with Gasteiger partial charge in [-0.15, -0.1) is 0 Å². The minimum absolute atomic E-state index is 0.141. The Bertz CT molecular complexity index is 892. The van der Waals surface area contributed by atoms with E-state index < -0.39 is 22.1 Å². The summed E-state index contributed by atoms with van der Waals surface area (Å²) in [5.41, 5.74) is 1.95. The van der Waals surface area contributed by atoms with E-state index in [1.807, 2.05) is 13.0 Å². The molecule has 0 unspecified atom stereocenters. The topological polar surface area (TPSA) is 75.3 Å². The molecule has 0 radical (unpaired) electrons. The predicted molar refractivity (Wildman–Crippen MR) is 87.9 cm³/mol. The number of hydrogen-bond donors (Lipinski definition) is 2. The van der Waals surface area contributed by atoms with Crippen LogP contribution in [0.15, 0.2) is 47.4 Å². The van der Waals surface area contributed by atoms with Gasteiger partial charge in [0.15, 0.2) is 0 Å². The molecule has 0 aliphatic carbocycles. The molecule has 0 aromatic heterocycles. The maximum absolute atomic E-state index is 12.4. The second kappa shape index (κ2) is 6.75. The number of hydrogen-bond acceptors (Lipinski definition) is 3. The minimum atomic E-state index is -5.02. The van der Waals surface area contributed by atoms with Crippen molar-refractivity contribution in [3.8, 4) is 0 Å². The molecule has 0 aliphatic heterocycles. The van der Waals surface area contributed by atoms with Crippen molar-refractivity contribution in [3.05, 3.63) is 53.6 Å². The Morgan fingerprint density at radius 2 is 1.60 bits per heavy atom. The number of carbonyl (C=O) groups excluding carboxylic acids is 1. The standard InChI is InChI=1S/C16H15F3N2O3S/c1-10-3-8-14(11(2)9-10)21-25(23,24)13-6-4-12(5-7-13)20-15(22)16(17,18)19/h3-9,21H,1-2H3,(H,20,22). The maximum Gasteiger partial charge on any atom is 0.471 e. The molecule has 0 bridgehead atoms. The number of alkyl halides is 3. The van der Waals surface area contributed by atoms with Crippen molar-refractivity contribution in [2.75, 3.05) is 10.0 Å². The first-order chi connectivity index (χ1) is 11.5. The molecule has 0 saturated heterocycles. The fourth-order valence-corrected chi connectivity index (χ4v) is 3.18. The molecule has 0 fully saturated rings. The number of amides is 1. The number of rotatable bonds is 4. The Hall–Kier alpha value is -2.55. The Morgan fingerprint density at radius 3 is 2.12 bits per heavy atom. The third-order valence-electron chi connectivity index (χ3n) is 3.31. The zero-order valence-electron chi connectivity index (χ0n) is 13.3. The van der Waals surface area contributed by atoms with E-state index in [1.54, 1.807) is 24.4 Å². The highest BCUT2D eigenvalue weighted by Gasteiger charge is 2.38. The SMILES string of the molecule is Cc1ccc(NS(=O)(=O)c2ccc(NC(=O)C(F)(F)F)cc2)c(C)c1. The summed E-state index contributed by atoms with van der Waals surface area (Å²) >= 11 is 0. The highest BCUT2D eigenvalue weighted by Crippen LogP contribution is 2.23. The molecule has 2 N–H and O–H groups in total. The smallest absolute Gasteiger partial charge is 0.318 e. The lowest BCUT2D eigenvalue weighted by molar-refractivity contribution is -0.167. The van der Waals surface area contributed by atoms with E-state index in [1.165, 1.54) is 0 Å². The normalized spacial score (nSPS) is 11.9. The van der Waals surface area contributed by atoms with E-state index in [2.05, 4.69) is 4.72 Å². The van der Waals surface area contributed by atoms with Gasteiger partial charge >= 0.3 is 12.1 Å². The Balaban J connectivity index is 2.19. The number of carbonyl (C=O) groups is 1. The fraction of sp³-hybridized carbons (Fsp3) is 0.188. The van der Waals surface area contributed by atoms with Gasteiger partial charge in [0.1, 0.15) is 0 Å². The van der Waals surface area contributed by atoms with Crippen LogP contribution in [0.1, 0.15) is 11.1 Å². The van der Waals surface area contributed by atoms with Crippen LogP contribution in [0.2, 0.25) is 0 Å². The molecule has 5 nitrogen and oxygen atoms in total. The van der Waals surface area contributed by atoms with Gasteiger partial charge in [-0.1, -0.05) is 17.7 Å². The van der Waals surface area contributed by atoms with Crippen LogP contribution in [0.3, 0.4) is 0 Å². The van der Waals surface area contributed by atoms with Crippen LogP contribution in [-0.2, 0) is 14.8 Å². The van der Waals surface area contributed by atoms with Gasteiger partial charge in [-0.05, 0) is 49.7 Å². The highest BCUT2D eigenvalue weighted by atomic mass is 32.2. The Kier molecular flexibility index (Phi) is 5.07. The average molecular weight is 372 g/mol. The third kappa shape index (κ3) is 4.72. The van der Waals surface area contributed by atoms with Crippen molar-refractivity contribution < 1.29 is 26.4 Å². The molecule has 134 valence electrons. The molecule has 2 rings (SSSR count). The summed E-state index contributed by atoms with van der Waals surface area (Å²) in [6.45, 7) is 3.62. The van der Waals surface area contributed by atoms with Gasteiger partial charge in [-0.2, -0.15) is 13.2 Å². The highest BCUT2D eigenvalue weighted by molar-refractivity contribution is 7.92. The van der Waals surface area contributed by atoms with Crippen molar-refractivity contribution in [3.63, 3.8) is 0 Å². The monoisotopic (exact) mass is 372 g/mol. The van der Waals surface area contributed by atoms with Crippen molar-refractivity contribution in [1.29, 1.82) is 0 Å². The van der Waals surface area contributed by atoms with Crippen LogP contribution in [0.5, 0.6) is 0 Å². The van der Waals surface area contributed by atoms with Crippen LogP contribution in [-0.4, -0.2) is 20.5 Å². The molecule has 0 spiro atoms. The van der Waals surface area contributed by atoms with Crippen LogP contribution in [0, 0.1) is 13.8 Å². The molecular formula is C16H15F3N2O3S. The summed E-state index contributed by atoms with van der Waals surface area (Å²) in [7, 11) is -3.91. The van der Waals surface area contributed by atoms with Crippen molar-refractivity contribution in [2.24, 2.45) is 0 Å². The number of halogens is 3. The number of anilines is 2. The minimum Gasteiger partial charge on any atom is -0.318 e. The van der Waals surface area contributed by atoms with Gasteiger partial charge in [-0.25, -0.2) is 8.42 Å². The molecule has 2 aromatic carbocycles. The zero-order chi connectivity index (χ0) is 18.8. The number of aryl methyl sites for hydroxylation is 2. The van der Waals surface area contributed by atoms with Crippen molar-refractivity contribution >= 4 is 27.3 Å². The van der Waals surface area contributed by atoms with E-state index in [0.29, 0.717) is 5.69 Å². The molecule has 2 aromatic rings. The van der Waals surface area contributed by atoms with E-state index in [0.717, 1.165) is 35.4 Å². The fourth-order valence-electron chi connectivity index (χ4n) is 2.05. The van der Waals surface area contributed by atoms with E-state index in [4.69, 9.17) is 0 Å².